The average Bonchev–Trinajstić information content (AvgIpc) is 2.87. The predicted molar refractivity (Wildman–Crippen MR) is 147 cm³/mol. The Labute approximate surface area is 208 Å². The van der Waals surface area contributed by atoms with Crippen LogP contribution < -0.4 is 9.80 Å². The van der Waals surface area contributed by atoms with Gasteiger partial charge in [-0.2, -0.15) is 0 Å². The largest absolute Gasteiger partial charge is 0.371 e. The molecular formula is C32H46N2. The number of benzene rings is 2. The third-order valence-electron chi connectivity index (χ3n) is 10.1. The van der Waals surface area contributed by atoms with Crippen LogP contribution in [0.3, 0.4) is 0 Å². The molecule has 2 aromatic rings. The van der Waals surface area contributed by atoms with Crippen LogP contribution in [0.1, 0.15) is 70.6 Å². The zero-order valence-corrected chi connectivity index (χ0v) is 22.3. The van der Waals surface area contributed by atoms with E-state index < -0.39 is 0 Å². The van der Waals surface area contributed by atoms with Crippen LogP contribution in [0.25, 0.3) is 0 Å². The van der Waals surface area contributed by atoms with Crippen molar-refractivity contribution in [1.29, 1.82) is 0 Å². The normalized spacial score (nSPS) is 31.2. The van der Waals surface area contributed by atoms with Gasteiger partial charge in [0.25, 0.3) is 0 Å². The first-order valence-electron chi connectivity index (χ1n) is 14.2. The maximum atomic E-state index is 2.83. The first-order valence-corrected chi connectivity index (χ1v) is 14.2. The quantitative estimate of drug-likeness (QED) is 0.461. The van der Waals surface area contributed by atoms with Crippen molar-refractivity contribution in [3.05, 3.63) is 59.2 Å². The molecule has 2 nitrogen and oxygen atoms in total. The highest BCUT2D eigenvalue weighted by Gasteiger charge is 2.59. The number of anilines is 2. The molecule has 0 radical (unpaired) electrons. The summed E-state index contributed by atoms with van der Waals surface area (Å²) in [6, 6.07) is 16.2. The summed E-state index contributed by atoms with van der Waals surface area (Å²) in [7, 11) is 0. The van der Waals surface area contributed by atoms with E-state index in [2.05, 4.69) is 86.9 Å². The summed E-state index contributed by atoms with van der Waals surface area (Å²) in [6.07, 6.45) is 7.63. The van der Waals surface area contributed by atoms with Gasteiger partial charge in [-0.3, -0.25) is 0 Å². The number of hydrogen-bond donors (Lipinski definition) is 0. The predicted octanol–water partition coefficient (Wildman–Crippen LogP) is 7.39. The second-order valence-corrected chi connectivity index (χ2v) is 11.6. The lowest BCUT2D eigenvalue weighted by Gasteiger charge is -2.65. The van der Waals surface area contributed by atoms with Crippen LogP contribution in [0, 0.1) is 29.1 Å². The van der Waals surface area contributed by atoms with Crippen molar-refractivity contribution in [2.45, 2.75) is 73.1 Å². The van der Waals surface area contributed by atoms with Gasteiger partial charge in [-0.1, -0.05) is 83.9 Å². The van der Waals surface area contributed by atoms with Gasteiger partial charge in [0.2, 0.25) is 0 Å². The van der Waals surface area contributed by atoms with Crippen LogP contribution in [0.5, 0.6) is 0 Å². The Balaban J connectivity index is 1.55. The van der Waals surface area contributed by atoms with Gasteiger partial charge >= 0.3 is 0 Å². The summed E-state index contributed by atoms with van der Waals surface area (Å²) in [5, 5.41) is 0. The average molecular weight is 459 g/mol. The van der Waals surface area contributed by atoms with Gasteiger partial charge in [0, 0.05) is 43.5 Å². The molecule has 5 unspecified atom stereocenters. The van der Waals surface area contributed by atoms with Crippen molar-refractivity contribution in [3.63, 3.8) is 0 Å². The monoisotopic (exact) mass is 458 g/mol. The summed E-state index contributed by atoms with van der Waals surface area (Å²) >= 11 is 0. The minimum atomic E-state index is 0.500. The zero-order chi connectivity index (χ0) is 23.9. The van der Waals surface area contributed by atoms with Crippen molar-refractivity contribution >= 4 is 11.4 Å². The van der Waals surface area contributed by atoms with Gasteiger partial charge in [-0.05, 0) is 71.6 Å². The molecule has 2 heterocycles. The van der Waals surface area contributed by atoms with Crippen LogP contribution in [0.4, 0.5) is 11.4 Å². The summed E-state index contributed by atoms with van der Waals surface area (Å²) in [5.74, 6) is 3.13. The summed E-state index contributed by atoms with van der Waals surface area (Å²) < 4.78 is 0. The van der Waals surface area contributed by atoms with Gasteiger partial charge in [0.1, 0.15) is 0 Å². The van der Waals surface area contributed by atoms with Gasteiger partial charge in [0.15, 0.2) is 0 Å². The van der Waals surface area contributed by atoms with Crippen molar-refractivity contribution in [3.8, 4) is 0 Å². The number of hydrogen-bond acceptors (Lipinski definition) is 2. The SMILES string of the molecule is CCc1ccccc1N1CC2CCCC(C)C23C(C)CN(c2c(CC)cccc2CC)CC3C1. The second-order valence-electron chi connectivity index (χ2n) is 11.6. The third kappa shape index (κ3) is 3.67. The fourth-order valence-corrected chi connectivity index (χ4v) is 8.78. The van der Waals surface area contributed by atoms with E-state index in [1.54, 1.807) is 16.8 Å². The molecule has 5 atom stereocenters. The Bertz CT molecular complexity index is 974. The van der Waals surface area contributed by atoms with E-state index in [0.29, 0.717) is 5.41 Å². The third-order valence-corrected chi connectivity index (χ3v) is 10.1. The van der Waals surface area contributed by atoms with Crippen molar-refractivity contribution in [1.82, 2.24) is 0 Å². The topological polar surface area (TPSA) is 6.48 Å². The lowest BCUT2D eigenvalue weighted by Crippen LogP contribution is -2.67. The molecule has 5 rings (SSSR count). The fourth-order valence-electron chi connectivity index (χ4n) is 8.78. The van der Waals surface area contributed by atoms with Crippen LogP contribution >= 0.6 is 0 Å². The number of piperidine rings is 2. The molecule has 0 amide bonds. The molecule has 2 heteroatoms. The highest BCUT2D eigenvalue weighted by molar-refractivity contribution is 5.61. The van der Waals surface area contributed by atoms with E-state index >= 15 is 0 Å². The van der Waals surface area contributed by atoms with E-state index in [1.807, 2.05) is 0 Å². The molecule has 2 saturated heterocycles. The summed E-state index contributed by atoms with van der Waals surface area (Å²) in [4.78, 5) is 5.62. The van der Waals surface area contributed by atoms with Crippen LogP contribution in [-0.4, -0.2) is 26.2 Å². The Morgan fingerprint density at radius 3 is 2.00 bits per heavy atom. The molecule has 1 aliphatic carbocycles. The molecule has 34 heavy (non-hydrogen) atoms. The minimum Gasteiger partial charge on any atom is -0.371 e. The molecule has 2 aromatic carbocycles. The molecule has 184 valence electrons. The molecular weight excluding hydrogens is 412 g/mol. The maximum absolute atomic E-state index is 2.83. The molecule has 1 spiro atoms. The molecule has 0 aromatic heterocycles. The van der Waals surface area contributed by atoms with Crippen LogP contribution in [0.15, 0.2) is 42.5 Å². The van der Waals surface area contributed by atoms with Crippen molar-refractivity contribution in [2.75, 3.05) is 36.0 Å². The van der Waals surface area contributed by atoms with E-state index in [0.717, 1.165) is 42.9 Å². The van der Waals surface area contributed by atoms with Gasteiger partial charge in [-0.25, -0.2) is 0 Å². The highest BCUT2D eigenvalue weighted by Crippen LogP contribution is 2.60. The van der Waals surface area contributed by atoms with E-state index in [1.165, 1.54) is 56.7 Å². The van der Waals surface area contributed by atoms with Crippen molar-refractivity contribution < 1.29 is 0 Å². The smallest absolute Gasteiger partial charge is 0.0431 e. The number of para-hydroxylation sites is 2. The minimum absolute atomic E-state index is 0.500. The second kappa shape index (κ2) is 9.59. The Morgan fingerprint density at radius 1 is 0.676 bits per heavy atom. The molecule has 1 saturated carbocycles. The molecule has 0 bridgehead atoms. The maximum Gasteiger partial charge on any atom is 0.0431 e. The van der Waals surface area contributed by atoms with E-state index in [-0.39, 0.29) is 0 Å². The van der Waals surface area contributed by atoms with Gasteiger partial charge < -0.3 is 9.80 Å². The molecule has 0 N–H and O–H groups in total. The van der Waals surface area contributed by atoms with Crippen LogP contribution in [0.2, 0.25) is 0 Å². The number of aryl methyl sites for hydroxylation is 3. The first-order chi connectivity index (χ1) is 16.5. The molecule has 2 aliphatic heterocycles. The summed E-state index contributed by atoms with van der Waals surface area (Å²) in [5.41, 5.74) is 8.17. The van der Waals surface area contributed by atoms with Crippen molar-refractivity contribution in [2.24, 2.45) is 29.1 Å². The highest BCUT2D eigenvalue weighted by atomic mass is 15.2. The molecule has 3 fully saturated rings. The van der Waals surface area contributed by atoms with E-state index in [9.17, 15) is 0 Å². The Morgan fingerprint density at radius 2 is 1.29 bits per heavy atom. The van der Waals surface area contributed by atoms with Crippen LogP contribution in [-0.2, 0) is 19.3 Å². The number of rotatable bonds is 5. The zero-order valence-electron chi connectivity index (χ0n) is 22.3. The van der Waals surface area contributed by atoms with Gasteiger partial charge in [0.05, 0.1) is 0 Å². The number of nitrogens with zero attached hydrogens (tertiary/aromatic N) is 2. The standard InChI is InChI=1S/C32H46N2/c1-6-25-14-9-10-18-30(25)33-20-28-17-11-13-23(4)32(28)24(5)19-34(22-29(32)21-33)31-26(7-2)15-12-16-27(31)8-3/h9-10,12,14-16,18,23-24,28-29H,6-8,11,13,17,19-22H2,1-5H3. The lowest BCUT2D eigenvalue weighted by atomic mass is 9.47. The Hall–Kier alpha value is -1.96. The summed E-state index contributed by atoms with van der Waals surface area (Å²) in [6.45, 7) is 17.1. The fraction of sp³-hybridized carbons (Fsp3) is 0.625. The molecule has 3 aliphatic rings. The first kappa shape index (κ1) is 23.8. The van der Waals surface area contributed by atoms with E-state index in [4.69, 9.17) is 0 Å². The Kier molecular flexibility index (Phi) is 6.70. The van der Waals surface area contributed by atoms with Gasteiger partial charge in [-0.15, -0.1) is 0 Å². The lowest BCUT2D eigenvalue weighted by molar-refractivity contribution is -0.0935.